The third-order valence-electron chi connectivity index (χ3n) is 0.928. The Hall–Kier alpha value is -0.500. The minimum Gasteiger partial charge on any atom is -0.501 e. The largest absolute Gasteiger partial charge is 0.501 e. The summed E-state index contributed by atoms with van der Waals surface area (Å²) in [6.45, 7) is 0.650. The molecule has 2 nitrogen and oxygen atoms in total. The molecule has 0 radical (unpaired) electrons. The van der Waals surface area contributed by atoms with E-state index in [1.165, 1.54) is 6.26 Å². The minimum atomic E-state index is -0.270. The molecule has 0 fully saturated rings. The highest BCUT2D eigenvalue weighted by atomic mass is 16.5. The van der Waals surface area contributed by atoms with Gasteiger partial charge in [-0.15, -0.1) is 0 Å². The third-order valence-corrected chi connectivity index (χ3v) is 0.928. The summed E-state index contributed by atoms with van der Waals surface area (Å²) in [5.74, 6) is 0. The highest BCUT2D eigenvalue weighted by Gasteiger charge is 2.01. The van der Waals surface area contributed by atoms with Crippen LogP contribution in [0.5, 0.6) is 0 Å². The Labute approximate surface area is 42.4 Å². The van der Waals surface area contributed by atoms with Gasteiger partial charge in [-0.1, -0.05) is 0 Å². The second-order valence-corrected chi connectivity index (χ2v) is 1.56. The molecule has 0 aromatic heterocycles. The van der Waals surface area contributed by atoms with E-state index in [0.717, 1.165) is 6.42 Å². The topological polar surface area (TPSA) is 29.5 Å². The average molecular weight is 100 g/mol. The van der Waals surface area contributed by atoms with Crippen molar-refractivity contribution in [1.29, 1.82) is 0 Å². The van der Waals surface area contributed by atoms with E-state index in [0.29, 0.717) is 6.61 Å². The zero-order valence-electron chi connectivity index (χ0n) is 4.00. The zero-order valence-corrected chi connectivity index (χ0v) is 4.00. The van der Waals surface area contributed by atoms with E-state index in [2.05, 4.69) is 0 Å². The van der Waals surface area contributed by atoms with Crippen molar-refractivity contribution in [2.75, 3.05) is 6.61 Å². The number of aliphatic hydroxyl groups is 1. The van der Waals surface area contributed by atoms with Gasteiger partial charge in [0.25, 0.3) is 0 Å². The van der Waals surface area contributed by atoms with Crippen LogP contribution in [0.25, 0.3) is 0 Å². The first-order valence-electron chi connectivity index (χ1n) is 2.36. The van der Waals surface area contributed by atoms with Crippen molar-refractivity contribution in [3.05, 3.63) is 12.3 Å². The van der Waals surface area contributed by atoms with Crippen LogP contribution in [-0.2, 0) is 4.74 Å². The second kappa shape index (κ2) is 1.98. The van der Waals surface area contributed by atoms with Crippen molar-refractivity contribution in [2.24, 2.45) is 0 Å². The number of rotatable bonds is 0. The van der Waals surface area contributed by atoms with Crippen LogP contribution in [0.4, 0.5) is 0 Å². The first kappa shape index (κ1) is 4.65. The normalized spacial score (nSPS) is 29.6. The summed E-state index contributed by atoms with van der Waals surface area (Å²) in [4.78, 5) is 0. The second-order valence-electron chi connectivity index (χ2n) is 1.56. The Morgan fingerprint density at radius 3 is 2.86 bits per heavy atom. The highest BCUT2D eigenvalue weighted by Crippen LogP contribution is 2.00. The van der Waals surface area contributed by atoms with Crippen LogP contribution < -0.4 is 0 Å². The predicted molar refractivity (Wildman–Crippen MR) is 25.7 cm³/mol. The lowest BCUT2D eigenvalue weighted by molar-refractivity contribution is 0.132. The molecule has 0 amide bonds. The molecule has 0 saturated heterocycles. The average Bonchev–Trinajstić information content (AvgIpc) is 1.69. The summed E-state index contributed by atoms with van der Waals surface area (Å²) in [7, 11) is 0. The van der Waals surface area contributed by atoms with Crippen molar-refractivity contribution in [3.8, 4) is 0 Å². The van der Waals surface area contributed by atoms with Crippen molar-refractivity contribution < 1.29 is 9.84 Å². The van der Waals surface area contributed by atoms with E-state index in [4.69, 9.17) is 9.84 Å². The van der Waals surface area contributed by atoms with Gasteiger partial charge >= 0.3 is 0 Å². The van der Waals surface area contributed by atoms with Gasteiger partial charge in [-0.25, -0.2) is 0 Å². The smallest absolute Gasteiger partial charge is 0.0901 e. The van der Waals surface area contributed by atoms with Crippen molar-refractivity contribution in [3.63, 3.8) is 0 Å². The van der Waals surface area contributed by atoms with Crippen molar-refractivity contribution in [1.82, 2.24) is 0 Å². The third kappa shape index (κ3) is 1.20. The number of ether oxygens (including phenoxy) is 1. The first-order valence-corrected chi connectivity index (χ1v) is 2.36. The van der Waals surface area contributed by atoms with Gasteiger partial charge in [-0.3, -0.25) is 0 Å². The monoisotopic (exact) mass is 100 g/mol. The van der Waals surface area contributed by atoms with E-state index in [1.54, 1.807) is 6.08 Å². The molecular weight excluding hydrogens is 92.1 g/mol. The van der Waals surface area contributed by atoms with E-state index >= 15 is 0 Å². The van der Waals surface area contributed by atoms with E-state index in [1.807, 2.05) is 0 Å². The number of aliphatic hydroxyl groups excluding tert-OH is 1. The maximum Gasteiger partial charge on any atom is 0.0901 e. The minimum absolute atomic E-state index is 0.270. The Kier molecular flexibility index (Phi) is 1.32. The highest BCUT2D eigenvalue weighted by molar-refractivity contribution is 4.85. The fourth-order valence-corrected chi connectivity index (χ4v) is 0.499. The molecule has 1 unspecified atom stereocenters. The quantitative estimate of drug-likeness (QED) is 0.474. The summed E-state index contributed by atoms with van der Waals surface area (Å²) in [6.07, 6.45) is 3.64. The molecule has 1 aliphatic heterocycles. The Balaban J connectivity index is 2.36. The molecular formula is C5H8O2. The Bertz CT molecular complexity index is 78.1. The summed E-state index contributed by atoms with van der Waals surface area (Å²) in [6, 6.07) is 0. The summed E-state index contributed by atoms with van der Waals surface area (Å²) in [5.41, 5.74) is 0. The molecule has 40 valence electrons. The molecule has 0 aromatic rings. The Morgan fingerprint density at radius 2 is 2.57 bits per heavy atom. The standard InChI is InChI=1S/C5H8O2/c6-5-1-3-7-4-2-5/h1,3,5-6H,2,4H2. The van der Waals surface area contributed by atoms with E-state index in [9.17, 15) is 0 Å². The molecule has 0 aliphatic carbocycles. The molecule has 2 heteroatoms. The molecule has 0 spiro atoms. The van der Waals surface area contributed by atoms with Crippen LogP contribution in [0.15, 0.2) is 12.3 Å². The van der Waals surface area contributed by atoms with Crippen LogP contribution in [0.2, 0.25) is 0 Å². The molecule has 1 heterocycles. The van der Waals surface area contributed by atoms with Crippen LogP contribution in [0.1, 0.15) is 6.42 Å². The molecule has 0 bridgehead atoms. The lowest BCUT2D eigenvalue weighted by Gasteiger charge is -2.09. The predicted octanol–water partition coefficient (Wildman–Crippen LogP) is 0.281. The van der Waals surface area contributed by atoms with Crippen LogP contribution in [0.3, 0.4) is 0 Å². The fourth-order valence-electron chi connectivity index (χ4n) is 0.499. The first-order chi connectivity index (χ1) is 3.39. The summed E-state index contributed by atoms with van der Waals surface area (Å²) < 4.78 is 4.80. The lowest BCUT2D eigenvalue weighted by Crippen LogP contribution is -2.09. The molecule has 0 saturated carbocycles. The maximum atomic E-state index is 8.74. The van der Waals surface area contributed by atoms with Crippen LogP contribution in [-0.4, -0.2) is 17.8 Å². The Morgan fingerprint density at radius 1 is 1.71 bits per heavy atom. The van der Waals surface area contributed by atoms with Gasteiger partial charge in [0.05, 0.1) is 19.0 Å². The van der Waals surface area contributed by atoms with Crippen LogP contribution in [0, 0.1) is 0 Å². The fraction of sp³-hybridized carbons (Fsp3) is 0.600. The van der Waals surface area contributed by atoms with Gasteiger partial charge < -0.3 is 9.84 Å². The van der Waals surface area contributed by atoms with E-state index in [-0.39, 0.29) is 6.10 Å². The zero-order chi connectivity index (χ0) is 5.11. The van der Waals surface area contributed by atoms with Gasteiger partial charge in [-0.2, -0.15) is 0 Å². The van der Waals surface area contributed by atoms with Crippen molar-refractivity contribution >= 4 is 0 Å². The lowest BCUT2D eigenvalue weighted by atomic mass is 10.2. The number of hydrogen-bond donors (Lipinski definition) is 1. The van der Waals surface area contributed by atoms with Gasteiger partial charge in [0, 0.05) is 6.42 Å². The maximum absolute atomic E-state index is 8.74. The molecule has 1 rings (SSSR count). The molecule has 0 aromatic carbocycles. The SMILES string of the molecule is OC1C=COCC1. The van der Waals surface area contributed by atoms with Gasteiger partial charge in [0.15, 0.2) is 0 Å². The molecule has 1 N–H and O–H groups in total. The summed E-state index contributed by atoms with van der Waals surface area (Å²) in [5, 5.41) is 8.74. The molecule has 1 atom stereocenters. The molecule has 1 aliphatic rings. The van der Waals surface area contributed by atoms with E-state index < -0.39 is 0 Å². The van der Waals surface area contributed by atoms with Gasteiger partial charge in [0.2, 0.25) is 0 Å². The van der Waals surface area contributed by atoms with Crippen LogP contribution >= 0.6 is 0 Å². The molecule has 7 heavy (non-hydrogen) atoms. The number of hydrogen-bond acceptors (Lipinski definition) is 2. The van der Waals surface area contributed by atoms with Gasteiger partial charge in [-0.05, 0) is 6.08 Å². The summed E-state index contributed by atoms with van der Waals surface area (Å²) >= 11 is 0. The van der Waals surface area contributed by atoms with Crippen molar-refractivity contribution in [2.45, 2.75) is 12.5 Å². The van der Waals surface area contributed by atoms with Gasteiger partial charge in [0.1, 0.15) is 0 Å².